The zero-order chi connectivity index (χ0) is 15.1. The first-order chi connectivity index (χ1) is 9.54. The third-order valence-corrected chi connectivity index (χ3v) is 3.61. The third kappa shape index (κ3) is 3.85. The first-order valence-corrected chi connectivity index (χ1v) is 7.23. The van der Waals surface area contributed by atoms with E-state index < -0.39 is 5.97 Å². The number of esters is 1. The zero-order valence-corrected chi connectivity index (χ0v) is 12.8. The lowest BCUT2D eigenvalue weighted by Gasteiger charge is -2.24. The Hall–Kier alpha value is -1.78. The van der Waals surface area contributed by atoms with E-state index >= 15 is 0 Å². The van der Waals surface area contributed by atoms with E-state index in [1.54, 1.807) is 19.2 Å². The highest BCUT2D eigenvalue weighted by atomic mass is 16.5. The van der Waals surface area contributed by atoms with Crippen LogP contribution in [0.1, 0.15) is 50.9 Å². The standard InChI is InChI=1S/C15H25N3O2/c1-5-11(6-2)10(4)18-14-13(16)12(8-9-17-14)15(19)20-7-3/h8-11H,5-7,16H2,1-4H3,(H,17,18). The number of nitrogens with zero attached hydrogens (tertiary/aromatic N) is 1. The first-order valence-electron chi connectivity index (χ1n) is 7.23. The Labute approximate surface area is 120 Å². The van der Waals surface area contributed by atoms with Crippen molar-refractivity contribution in [2.45, 2.75) is 46.6 Å². The van der Waals surface area contributed by atoms with Crippen molar-refractivity contribution in [3.05, 3.63) is 17.8 Å². The fourth-order valence-electron chi connectivity index (χ4n) is 2.30. The minimum atomic E-state index is -0.411. The maximum Gasteiger partial charge on any atom is 0.340 e. The summed E-state index contributed by atoms with van der Waals surface area (Å²) in [6.45, 7) is 8.53. The molecule has 1 atom stereocenters. The Bertz CT molecular complexity index is 445. The second kappa shape index (κ2) is 7.72. The molecule has 20 heavy (non-hydrogen) atoms. The van der Waals surface area contributed by atoms with Gasteiger partial charge in [0.1, 0.15) is 5.82 Å². The van der Waals surface area contributed by atoms with Crippen LogP contribution >= 0.6 is 0 Å². The summed E-state index contributed by atoms with van der Waals surface area (Å²) in [5.74, 6) is 0.683. The number of rotatable bonds is 7. The number of hydrogen-bond acceptors (Lipinski definition) is 5. The van der Waals surface area contributed by atoms with Crippen LogP contribution in [0.25, 0.3) is 0 Å². The predicted molar refractivity (Wildman–Crippen MR) is 81.8 cm³/mol. The van der Waals surface area contributed by atoms with E-state index in [2.05, 4.69) is 31.1 Å². The number of anilines is 2. The predicted octanol–water partition coefficient (Wildman–Crippen LogP) is 3.08. The molecule has 1 rings (SSSR count). The van der Waals surface area contributed by atoms with Crippen molar-refractivity contribution in [2.24, 2.45) is 5.92 Å². The van der Waals surface area contributed by atoms with Gasteiger partial charge in [-0.15, -0.1) is 0 Å². The average Bonchev–Trinajstić information content (AvgIpc) is 2.42. The normalized spacial score (nSPS) is 12.2. The zero-order valence-electron chi connectivity index (χ0n) is 12.8. The quantitative estimate of drug-likeness (QED) is 0.750. The van der Waals surface area contributed by atoms with Crippen molar-refractivity contribution in [1.82, 2.24) is 4.98 Å². The van der Waals surface area contributed by atoms with E-state index in [0.717, 1.165) is 12.8 Å². The highest BCUT2D eigenvalue weighted by molar-refractivity contribution is 5.97. The van der Waals surface area contributed by atoms with Crippen LogP contribution in [-0.2, 0) is 4.74 Å². The summed E-state index contributed by atoms with van der Waals surface area (Å²) >= 11 is 0. The molecule has 0 aliphatic carbocycles. The summed E-state index contributed by atoms with van der Waals surface area (Å²) in [6.07, 6.45) is 3.74. The van der Waals surface area contributed by atoms with Crippen molar-refractivity contribution in [1.29, 1.82) is 0 Å². The summed E-state index contributed by atoms with van der Waals surface area (Å²) in [4.78, 5) is 16.0. The number of carbonyl (C=O) groups is 1. The van der Waals surface area contributed by atoms with E-state index in [1.165, 1.54) is 0 Å². The smallest absolute Gasteiger partial charge is 0.340 e. The summed E-state index contributed by atoms with van der Waals surface area (Å²) < 4.78 is 4.98. The molecule has 0 aromatic carbocycles. The summed E-state index contributed by atoms with van der Waals surface area (Å²) in [7, 11) is 0. The van der Waals surface area contributed by atoms with Gasteiger partial charge in [0.2, 0.25) is 0 Å². The van der Waals surface area contributed by atoms with Gasteiger partial charge >= 0.3 is 5.97 Å². The van der Waals surface area contributed by atoms with Crippen LogP contribution in [-0.4, -0.2) is 23.6 Å². The topological polar surface area (TPSA) is 77.2 Å². The van der Waals surface area contributed by atoms with E-state index in [1.807, 2.05) is 0 Å². The summed E-state index contributed by atoms with van der Waals surface area (Å²) in [5.41, 5.74) is 6.73. The van der Waals surface area contributed by atoms with Gasteiger partial charge in [-0.2, -0.15) is 0 Å². The van der Waals surface area contributed by atoms with Gasteiger partial charge in [0, 0.05) is 12.2 Å². The molecular weight excluding hydrogens is 254 g/mol. The fourth-order valence-corrected chi connectivity index (χ4v) is 2.30. The molecule has 0 fully saturated rings. The molecule has 112 valence electrons. The van der Waals surface area contributed by atoms with Crippen LogP contribution in [0.15, 0.2) is 12.3 Å². The maximum atomic E-state index is 11.8. The molecule has 0 bridgehead atoms. The number of carbonyl (C=O) groups excluding carboxylic acids is 1. The highest BCUT2D eigenvalue weighted by Gasteiger charge is 2.18. The molecule has 0 amide bonds. The van der Waals surface area contributed by atoms with Gasteiger partial charge in [0.25, 0.3) is 0 Å². The van der Waals surface area contributed by atoms with Gasteiger partial charge in [0.15, 0.2) is 0 Å². The van der Waals surface area contributed by atoms with Gasteiger partial charge in [0.05, 0.1) is 17.9 Å². The largest absolute Gasteiger partial charge is 0.462 e. The van der Waals surface area contributed by atoms with Crippen LogP contribution in [0.5, 0.6) is 0 Å². The molecule has 0 saturated carbocycles. The van der Waals surface area contributed by atoms with Crippen molar-refractivity contribution in [2.75, 3.05) is 17.7 Å². The van der Waals surface area contributed by atoms with Gasteiger partial charge in [-0.1, -0.05) is 26.7 Å². The number of aromatic nitrogens is 1. The summed E-state index contributed by atoms with van der Waals surface area (Å²) in [6, 6.07) is 1.83. The Morgan fingerprint density at radius 1 is 1.40 bits per heavy atom. The van der Waals surface area contributed by atoms with Gasteiger partial charge in [-0.25, -0.2) is 9.78 Å². The number of nitrogen functional groups attached to an aromatic ring is 1. The second-order valence-corrected chi connectivity index (χ2v) is 4.85. The Morgan fingerprint density at radius 2 is 2.05 bits per heavy atom. The van der Waals surface area contributed by atoms with Crippen LogP contribution in [0, 0.1) is 5.92 Å². The molecule has 1 aromatic rings. The summed E-state index contributed by atoms with van der Waals surface area (Å²) in [5, 5.41) is 3.31. The first kappa shape index (κ1) is 16.3. The molecule has 1 aromatic heterocycles. The minimum absolute atomic E-state index is 0.247. The van der Waals surface area contributed by atoms with Gasteiger partial charge in [-0.05, 0) is 25.8 Å². The molecule has 1 unspecified atom stereocenters. The number of nitrogens with one attached hydrogen (secondary N) is 1. The average molecular weight is 279 g/mol. The molecule has 1 heterocycles. The lowest BCUT2D eigenvalue weighted by Crippen LogP contribution is -2.26. The van der Waals surface area contributed by atoms with E-state index in [-0.39, 0.29) is 6.04 Å². The van der Waals surface area contributed by atoms with E-state index in [0.29, 0.717) is 29.6 Å². The van der Waals surface area contributed by atoms with E-state index in [9.17, 15) is 4.79 Å². The monoisotopic (exact) mass is 279 g/mol. The lowest BCUT2D eigenvalue weighted by molar-refractivity contribution is 0.0527. The number of ether oxygens (including phenoxy) is 1. The van der Waals surface area contributed by atoms with Crippen molar-refractivity contribution in [3.8, 4) is 0 Å². The maximum absolute atomic E-state index is 11.8. The second-order valence-electron chi connectivity index (χ2n) is 4.85. The molecule has 0 aliphatic heterocycles. The molecule has 0 saturated heterocycles. The molecule has 5 nitrogen and oxygen atoms in total. The van der Waals surface area contributed by atoms with Gasteiger partial charge < -0.3 is 15.8 Å². The third-order valence-electron chi connectivity index (χ3n) is 3.61. The number of nitrogens with two attached hydrogens (primary N) is 1. The van der Waals surface area contributed by atoms with Crippen molar-refractivity contribution < 1.29 is 9.53 Å². The fraction of sp³-hybridized carbons (Fsp3) is 0.600. The molecule has 5 heteroatoms. The Kier molecular flexibility index (Phi) is 6.28. The Morgan fingerprint density at radius 3 is 2.60 bits per heavy atom. The van der Waals surface area contributed by atoms with Crippen LogP contribution in [0.2, 0.25) is 0 Å². The number of hydrogen-bond donors (Lipinski definition) is 2. The minimum Gasteiger partial charge on any atom is -0.462 e. The highest BCUT2D eigenvalue weighted by Crippen LogP contribution is 2.24. The van der Waals surface area contributed by atoms with Crippen LogP contribution < -0.4 is 11.1 Å². The molecule has 0 aliphatic rings. The molecule has 0 radical (unpaired) electrons. The SMILES string of the molecule is CCOC(=O)c1ccnc(NC(C)C(CC)CC)c1N. The number of pyridine rings is 1. The molecular formula is C15H25N3O2. The lowest BCUT2D eigenvalue weighted by atomic mass is 9.95. The molecule has 3 N–H and O–H groups in total. The van der Waals surface area contributed by atoms with Crippen LogP contribution in [0.4, 0.5) is 11.5 Å². The van der Waals surface area contributed by atoms with E-state index in [4.69, 9.17) is 10.5 Å². The molecule has 0 spiro atoms. The van der Waals surface area contributed by atoms with Crippen molar-refractivity contribution >= 4 is 17.5 Å². The van der Waals surface area contributed by atoms with Gasteiger partial charge in [-0.3, -0.25) is 0 Å². The van der Waals surface area contributed by atoms with Crippen LogP contribution in [0.3, 0.4) is 0 Å². The van der Waals surface area contributed by atoms with Crippen molar-refractivity contribution in [3.63, 3.8) is 0 Å². The Balaban J connectivity index is 2.91.